The van der Waals surface area contributed by atoms with Crippen molar-refractivity contribution in [3.8, 4) is 0 Å². The summed E-state index contributed by atoms with van der Waals surface area (Å²) >= 11 is 0. The molecule has 118 valence electrons. The number of amides is 1. The summed E-state index contributed by atoms with van der Waals surface area (Å²) in [7, 11) is 1.63. The lowest BCUT2D eigenvalue weighted by Crippen LogP contribution is -2.40. The molecule has 0 fully saturated rings. The number of rotatable bonds is 5. The van der Waals surface area contributed by atoms with Crippen LogP contribution >= 0.6 is 12.4 Å². The number of benzene rings is 1. The molecule has 0 bridgehead atoms. The fraction of sp³-hybridized carbons (Fsp3) is 0.500. The maximum Gasteiger partial charge on any atom is 0.285 e. The van der Waals surface area contributed by atoms with Gasteiger partial charge in [-0.1, -0.05) is 26.0 Å². The molecule has 1 rings (SSSR count). The van der Waals surface area contributed by atoms with Gasteiger partial charge in [0.2, 0.25) is 0 Å². The van der Waals surface area contributed by atoms with Gasteiger partial charge in [0.05, 0.1) is 4.92 Å². The first-order valence-electron chi connectivity index (χ1n) is 6.39. The number of hydrogen-bond donors (Lipinski definition) is 1. The van der Waals surface area contributed by atoms with Crippen LogP contribution in [0.3, 0.4) is 0 Å². The first kappa shape index (κ1) is 19.3. The molecule has 0 spiro atoms. The van der Waals surface area contributed by atoms with Crippen molar-refractivity contribution < 1.29 is 9.72 Å². The van der Waals surface area contributed by atoms with Gasteiger partial charge in [-0.15, -0.1) is 12.4 Å². The van der Waals surface area contributed by atoms with E-state index in [-0.39, 0.29) is 35.0 Å². The minimum atomic E-state index is -0.509. The number of nitrogens with two attached hydrogens (primary N) is 1. The molecule has 1 aromatic rings. The molecule has 1 aromatic carbocycles. The smallest absolute Gasteiger partial charge is 0.285 e. The van der Waals surface area contributed by atoms with Crippen LogP contribution in [-0.4, -0.2) is 35.9 Å². The third kappa shape index (κ3) is 4.68. The van der Waals surface area contributed by atoms with Crippen LogP contribution in [0, 0.1) is 22.5 Å². The molecule has 6 nitrogen and oxygen atoms in total. The lowest BCUT2D eigenvalue weighted by atomic mass is 9.93. The van der Waals surface area contributed by atoms with Gasteiger partial charge in [0.15, 0.2) is 0 Å². The van der Waals surface area contributed by atoms with Crippen molar-refractivity contribution >= 4 is 24.0 Å². The average molecular weight is 316 g/mol. The Labute approximate surface area is 130 Å². The quantitative estimate of drug-likeness (QED) is 0.667. The predicted octanol–water partition coefficient (Wildman–Crippen LogP) is 2.38. The third-order valence-electron chi connectivity index (χ3n) is 3.22. The largest absolute Gasteiger partial charge is 0.341 e. The highest BCUT2D eigenvalue weighted by molar-refractivity contribution is 5.98. The summed E-state index contributed by atoms with van der Waals surface area (Å²) in [6, 6.07) is 4.76. The lowest BCUT2D eigenvalue weighted by molar-refractivity contribution is -0.385. The summed E-state index contributed by atoms with van der Waals surface area (Å²) in [5, 5.41) is 11.1. The van der Waals surface area contributed by atoms with Crippen LogP contribution in [0.4, 0.5) is 5.69 Å². The van der Waals surface area contributed by atoms with E-state index < -0.39 is 4.92 Å². The van der Waals surface area contributed by atoms with E-state index in [9.17, 15) is 14.9 Å². The number of nitrogens with zero attached hydrogens (tertiary/aromatic N) is 2. The molecule has 2 N–H and O–H groups in total. The predicted molar refractivity (Wildman–Crippen MR) is 84.9 cm³/mol. The van der Waals surface area contributed by atoms with Crippen molar-refractivity contribution in [2.45, 2.75) is 20.8 Å². The monoisotopic (exact) mass is 315 g/mol. The summed E-state index contributed by atoms with van der Waals surface area (Å²) in [5.41, 5.74) is 5.88. The molecular weight excluding hydrogens is 294 g/mol. The van der Waals surface area contributed by atoms with Crippen LogP contribution in [0.15, 0.2) is 18.2 Å². The van der Waals surface area contributed by atoms with Gasteiger partial charge in [-0.2, -0.15) is 0 Å². The number of nitro benzene ring substituents is 1. The number of halogens is 1. The first-order chi connectivity index (χ1) is 9.19. The minimum Gasteiger partial charge on any atom is -0.341 e. The zero-order valence-corrected chi connectivity index (χ0v) is 13.6. The maximum atomic E-state index is 12.4. The zero-order chi connectivity index (χ0) is 15.5. The van der Waals surface area contributed by atoms with Crippen LogP contribution in [0.2, 0.25) is 0 Å². The Bertz CT molecular complexity index is 532. The van der Waals surface area contributed by atoms with Gasteiger partial charge in [0, 0.05) is 19.2 Å². The molecule has 0 atom stereocenters. The molecular formula is C14H22ClN3O3. The number of nitro groups is 1. The first-order valence-corrected chi connectivity index (χ1v) is 6.39. The topological polar surface area (TPSA) is 89.5 Å². The van der Waals surface area contributed by atoms with Gasteiger partial charge in [-0.25, -0.2) is 0 Å². The van der Waals surface area contributed by atoms with Crippen LogP contribution < -0.4 is 5.73 Å². The van der Waals surface area contributed by atoms with Gasteiger partial charge in [-0.05, 0) is 24.9 Å². The van der Waals surface area contributed by atoms with Crippen molar-refractivity contribution in [1.29, 1.82) is 0 Å². The lowest BCUT2D eigenvalue weighted by Gasteiger charge is -2.29. The van der Waals surface area contributed by atoms with Crippen LogP contribution in [-0.2, 0) is 0 Å². The van der Waals surface area contributed by atoms with E-state index in [1.165, 1.54) is 11.0 Å². The summed E-state index contributed by atoms with van der Waals surface area (Å²) < 4.78 is 0. The van der Waals surface area contributed by atoms with Crippen LogP contribution in [0.1, 0.15) is 29.8 Å². The fourth-order valence-electron chi connectivity index (χ4n) is 2.06. The molecule has 0 saturated carbocycles. The Balaban J connectivity index is 0.00000400. The minimum absolute atomic E-state index is 0. The van der Waals surface area contributed by atoms with Crippen molar-refractivity contribution in [2.75, 3.05) is 20.1 Å². The molecule has 0 radical (unpaired) electrons. The van der Waals surface area contributed by atoms with E-state index in [0.29, 0.717) is 18.7 Å². The standard InChI is InChI=1S/C14H21N3O3.ClH/c1-10-6-5-7-11(12(10)17(19)20)13(18)16(4)9-14(2,3)8-15;/h5-7H,8-9,15H2,1-4H3;1H. The number of hydrogen-bond acceptors (Lipinski definition) is 4. The highest BCUT2D eigenvalue weighted by Crippen LogP contribution is 2.25. The molecule has 21 heavy (non-hydrogen) atoms. The van der Waals surface area contributed by atoms with Crippen molar-refractivity contribution in [3.63, 3.8) is 0 Å². The molecule has 0 heterocycles. The van der Waals surface area contributed by atoms with Crippen molar-refractivity contribution in [3.05, 3.63) is 39.4 Å². The van der Waals surface area contributed by atoms with Gasteiger partial charge in [0.25, 0.3) is 11.6 Å². The number of aryl methyl sites for hydroxylation is 1. The van der Waals surface area contributed by atoms with E-state index in [1.807, 2.05) is 13.8 Å². The third-order valence-corrected chi connectivity index (χ3v) is 3.22. The van der Waals surface area contributed by atoms with E-state index >= 15 is 0 Å². The van der Waals surface area contributed by atoms with Gasteiger partial charge < -0.3 is 10.6 Å². The Morgan fingerprint density at radius 3 is 2.48 bits per heavy atom. The fourth-order valence-corrected chi connectivity index (χ4v) is 2.06. The summed E-state index contributed by atoms with van der Waals surface area (Å²) in [6.07, 6.45) is 0. The van der Waals surface area contributed by atoms with Crippen molar-refractivity contribution in [2.24, 2.45) is 11.1 Å². The molecule has 0 aromatic heterocycles. The zero-order valence-electron chi connectivity index (χ0n) is 12.8. The van der Waals surface area contributed by atoms with Crippen LogP contribution in [0.25, 0.3) is 0 Å². The second-order valence-corrected chi connectivity index (χ2v) is 5.76. The molecule has 0 aliphatic carbocycles. The van der Waals surface area contributed by atoms with Crippen LogP contribution in [0.5, 0.6) is 0 Å². The highest BCUT2D eigenvalue weighted by Gasteiger charge is 2.27. The molecule has 0 unspecified atom stereocenters. The van der Waals surface area contributed by atoms with Crippen molar-refractivity contribution in [1.82, 2.24) is 4.90 Å². The summed E-state index contributed by atoms with van der Waals surface area (Å²) in [6.45, 7) is 6.38. The molecule has 0 saturated heterocycles. The molecule has 0 aliphatic rings. The Morgan fingerprint density at radius 1 is 1.43 bits per heavy atom. The second-order valence-electron chi connectivity index (χ2n) is 5.76. The van der Waals surface area contributed by atoms with E-state index in [2.05, 4.69) is 0 Å². The van der Waals surface area contributed by atoms with Gasteiger partial charge in [-0.3, -0.25) is 14.9 Å². The second kappa shape index (κ2) is 7.38. The number of para-hydroxylation sites is 1. The summed E-state index contributed by atoms with van der Waals surface area (Å²) in [4.78, 5) is 24.5. The van der Waals surface area contributed by atoms with Gasteiger partial charge in [0.1, 0.15) is 5.56 Å². The Kier molecular flexibility index (Phi) is 6.79. The van der Waals surface area contributed by atoms with E-state index in [0.717, 1.165) is 0 Å². The molecule has 0 aliphatic heterocycles. The Morgan fingerprint density at radius 2 is 2.00 bits per heavy atom. The Hall–Kier alpha value is -1.66. The summed E-state index contributed by atoms with van der Waals surface area (Å²) in [5.74, 6) is -0.359. The maximum absolute atomic E-state index is 12.4. The van der Waals surface area contributed by atoms with E-state index in [1.54, 1.807) is 26.1 Å². The number of carbonyl (C=O) groups excluding carboxylic acids is 1. The molecule has 7 heteroatoms. The SMILES string of the molecule is Cc1cccc(C(=O)N(C)CC(C)(C)CN)c1[N+](=O)[O-].Cl. The van der Waals surface area contributed by atoms with E-state index in [4.69, 9.17) is 5.73 Å². The normalized spacial score (nSPS) is 10.7. The highest BCUT2D eigenvalue weighted by atomic mass is 35.5. The van der Waals surface area contributed by atoms with Gasteiger partial charge >= 0.3 is 0 Å². The average Bonchev–Trinajstić information content (AvgIpc) is 2.36. The number of carbonyl (C=O) groups is 1. The molecule has 1 amide bonds.